The van der Waals surface area contributed by atoms with Crippen molar-refractivity contribution in [1.82, 2.24) is 9.29 Å². The maximum absolute atomic E-state index is 11.9. The van der Waals surface area contributed by atoms with Crippen LogP contribution < -0.4 is 0 Å². The molecule has 3 rings (SSSR count). The van der Waals surface area contributed by atoms with E-state index >= 15 is 0 Å². The van der Waals surface area contributed by atoms with Gasteiger partial charge in [-0.2, -0.15) is 4.31 Å². The molecule has 1 N–H and O–H groups in total. The smallest absolute Gasteiger partial charge is 0.336 e. The summed E-state index contributed by atoms with van der Waals surface area (Å²) in [6, 6.07) is 8.71. The highest BCUT2D eigenvalue weighted by atomic mass is 32.2. The fourth-order valence-corrected chi connectivity index (χ4v) is 4.23. The van der Waals surface area contributed by atoms with Gasteiger partial charge in [-0.3, -0.25) is 4.98 Å². The average molecular weight is 332 g/mol. The lowest BCUT2D eigenvalue weighted by Crippen LogP contribution is -2.25. The van der Waals surface area contributed by atoms with Crippen LogP contribution in [0.4, 0.5) is 0 Å². The van der Waals surface area contributed by atoms with E-state index in [2.05, 4.69) is 4.98 Å². The number of aromatic carboxylic acids is 1. The van der Waals surface area contributed by atoms with Gasteiger partial charge in [0.05, 0.1) is 11.3 Å². The molecule has 7 heteroatoms. The van der Waals surface area contributed by atoms with Crippen LogP contribution in [0.3, 0.4) is 0 Å². The van der Waals surface area contributed by atoms with Gasteiger partial charge in [-0.25, -0.2) is 13.2 Å². The van der Waals surface area contributed by atoms with E-state index in [0.717, 1.165) is 5.56 Å². The lowest BCUT2D eigenvalue weighted by molar-refractivity contribution is 0.0697. The van der Waals surface area contributed by atoms with E-state index in [4.69, 9.17) is 0 Å². The Bertz CT molecular complexity index is 849. The second kappa shape index (κ2) is 6.10. The number of carbonyl (C=O) groups is 1. The van der Waals surface area contributed by atoms with Gasteiger partial charge in [-0.15, -0.1) is 0 Å². The van der Waals surface area contributed by atoms with Crippen molar-refractivity contribution in [3.63, 3.8) is 0 Å². The Balaban J connectivity index is 1.94. The molecular weight excluding hydrogens is 316 g/mol. The van der Waals surface area contributed by atoms with Gasteiger partial charge in [0.15, 0.2) is 0 Å². The Morgan fingerprint density at radius 3 is 2.83 bits per heavy atom. The number of pyridine rings is 1. The minimum atomic E-state index is -3.16. The Labute approximate surface area is 134 Å². The van der Waals surface area contributed by atoms with E-state index in [1.165, 1.54) is 22.8 Å². The SMILES string of the molecule is O=C(O)c1ccncc1-c1cccc(CN2CCCS2(=O)=O)c1. The third-order valence-electron chi connectivity index (χ3n) is 3.85. The van der Waals surface area contributed by atoms with Crippen LogP contribution in [-0.4, -0.2) is 41.1 Å². The molecule has 0 bridgehead atoms. The molecule has 1 fully saturated rings. The number of carboxylic acids is 1. The monoisotopic (exact) mass is 332 g/mol. The van der Waals surface area contributed by atoms with Gasteiger partial charge in [0.25, 0.3) is 0 Å². The quantitative estimate of drug-likeness (QED) is 0.925. The van der Waals surface area contributed by atoms with Crippen molar-refractivity contribution < 1.29 is 18.3 Å². The summed E-state index contributed by atoms with van der Waals surface area (Å²) in [5.41, 5.74) is 2.23. The first kappa shape index (κ1) is 15.6. The molecule has 0 saturated carbocycles. The molecule has 0 aliphatic carbocycles. The molecule has 2 aromatic rings. The van der Waals surface area contributed by atoms with Gasteiger partial charge in [-0.1, -0.05) is 18.2 Å². The Morgan fingerprint density at radius 2 is 2.13 bits per heavy atom. The molecule has 1 aliphatic heterocycles. The molecule has 0 amide bonds. The Kier molecular flexibility index (Phi) is 4.14. The summed E-state index contributed by atoms with van der Waals surface area (Å²) < 4.78 is 25.3. The van der Waals surface area contributed by atoms with Crippen molar-refractivity contribution >= 4 is 16.0 Å². The highest BCUT2D eigenvalue weighted by Crippen LogP contribution is 2.25. The van der Waals surface area contributed by atoms with Crippen molar-refractivity contribution in [2.24, 2.45) is 0 Å². The standard InChI is InChI=1S/C16H16N2O4S/c19-16(20)14-5-6-17-10-15(14)13-4-1-3-12(9-13)11-18-7-2-8-23(18,21)22/h1,3-6,9-10H,2,7-8,11H2,(H,19,20). The second-order valence-electron chi connectivity index (χ2n) is 5.43. The molecule has 1 aromatic heterocycles. The number of sulfonamides is 1. The number of carboxylic acid groups (broad SMARTS) is 1. The van der Waals surface area contributed by atoms with E-state index in [-0.39, 0.29) is 11.3 Å². The first-order valence-electron chi connectivity index (χ1n) is 7.22. The van der Waals surface area contributed by atoms with Crippen LogP contribution >= 0.6 is 0 Å². The number of benzene rings is 1. The van der Waals surface area contributed by atoms with Gasteiger partial charge in [0, 0.05) is 31.0 Å². The van der Waals surface area contributed by atoms with Crippen LogP contribution in [-0.2, 0) is 16.6 Å². The highest BCUT2D eigenvalue weighted by molar-refractivity contribution is 7.89. The molecule has 0 unspecified atom stereocenters. The minimum absolute atomic E-state index is 0.172. The van der Waals surface area contributed by atoms with Crippen LogP contribution in [0.2, 0.25) is 0 Å². The fourth-order valence-electron chi connectivity index (χ4n) is 2.72. The topological polar surface area (TPSA) is 87.6 Å². The Morgan fingerprint density at radius 1 is 1.30 bits per heavy atom. The zero-order chi connectivity index (χ0) is 16.4. The van der Waals surface area contributed by atoms with E-state index in [1.807, 2.05) is 12.1 Å². The molecule has 0 atom stereocenters. The predicted molar refractivity (Wildman–Crippen MR) is 85.4 cm³/mol. The van der Waals surface area contributed by atoms with Gasteiger partial charge < -0.3 is 5.11 Å². The predicted octanol–water partition coefficient (Wildman–Crippen LogP) is 1.98. The summed E-state index contributed by atoms with van der Waals surface area (Å²) in [6.45, 7) is 0.832. The Hall–Kier alpha value is -2.25. The maximum Gasteiger partial charge on any atom is 0.336 e. The number of nitrogens with zero attached hydrogens (tertiary/aromatic N) is 2. The number of hydrogen-bond donors (Lipinski definition) is 1. The molecule has 0 spiro atoms. The molecule has 2 heterocycles. The van der Waals surface area contributed by atoms with Crippen molar-refractivity contribution in [2.45, 2.75) is 13.0 Å². The van der Waals surface area contributed by atoms with Crippen molar-refractivity contribution in [2.75, 3.05) is 12.3 Å². The van der Waals surface area contributed by atoms with Crippen molar-refractivity contribution in [3.05, 3.63) is 53.9 Å². The van der Waals surface area contributed by atoms with E-state index in [1.54, 1.807) is 12.1 Å². The third-order valence-corrected chi connectivity index (χ3v) is 5.75. The highest BCUT2D eigenvalue weighted by Gasteiger charge is 2.28. The summed E-state index contributed by atoms with van der Waals surface area (Å²) >= 11 is 0. The van der Waals surface area contributed by atoms with E-state index in [9.17, 15) is 18.3 Å². The summed E-state index contributed by atoms with van der Waals surface area (Å²) in [5.74, 6) is -0.826. The van der Waals surface area contributed by atoms with Crippen molar-refractivity contribution in [1.29, 1.82) is 0 Å². The largest absolute Gasteiger partial charge is 0.478 e. The first-order valence-corrected chi connectivity index (χ1v) is 8.83. The summed E-state index contributed by atoms with van der Waals surface area (Å²) in [4.78, 5) is 15.3. The van der Waals surface area contributed by atoms with E-state index < -0.39 is 16.0 Å². The van der Waals surface area contributed by atoms with Gasteiger partial charge in [0.1, 0.15) is 0 Å². The van der Waals surface area contributed by atoms with Crippen molar-refractivity contribution in [3.8, 4) is 11.1 Å². The van der Waals surface area contributed by atoms with E-state index in [0.29, 0.717) is 30.6 Å². The molecule has 120 valence electrons. The second-order valence-corrected chi connectivity index (χ2v) is 7.52. The zero-order valence-corrected chi connectivity index (χ0v) is 13.2. The third kappa shape index (κ3) is 3.25. The number of aromatic nitrogens is 1. The zero-order valence-electron chi connectivity index (χ0n) is 12.3. The van der Waals surface area contributed by atoms with Crippen LogP contribution in [0.15, 0.2) is 42.7 Å². The summed E-state index contributed by atoms with van der Waals surface area (Å²) in [5, 5.41) is 9.28. The maximum atomic E-state index is 11.9. The lowest BCUT2D eigenvalue weighted by atomic mass is 10.00. The number of hydrogen-bond acceptors (Lipinski definition) is 4. The molecular formula is C16H16N2O4S. The molecule has 1 saturated heterocycles. The summed E-state index contributed by atoms with van der Waals surface area (Å²) in [7, 11) is -3.16. The average Bonchev–Trinajstić information content (AvgIpc) is 2.86. The van der Waals surface area contributed by atoms with Crippen LogP contribution in [0, 0.1) is 0 Å². The van der Waals surface area contributed by atoms with Crippen LogP contribution in [0.1, 0.15) is 22.3 Å². The van der Waals surface area contributed by atoms with Crippen LogP contribution in [0.25, 0.3) is 11.1 Å². The molecule has 1 aliphatic rings. The molecule has 0 radical (unpaired) electrons. The minimum Gasteiger partial charge on any atom is -0.478 e. The van der Waals surface area contributed by atoms with Crippen LogP contribution in [0.5, 0.6) is 0 Å². The first-order chi connectivity index (χ1) is 11.0. The van der Waals surface area contributed by atoms with Gasteiger partial charge in [-0.05, 0) is 29.7 Å². The lowest BCUT2D eigenvalue weighted by Gasteiger charge is -2.15. The van der Waals surface area contributed by atoms with Gasteiger partial charge in [0.2, 0.25) is 10.0 Å². The number of rotatable bonds is 4. The summed E-state index contributed by atoms with van der Waals surface area (Å²) in [6.07, 6.45) is 3.59. The molecule has 6 nitrogen and oxygen atoms in total. The fraction of sp³-hybridized carbons (Fsp3) is 0.250. The molecule has 23 heavy (non-hydrogen) atoms. The molecule has 1 aromatic carbocycles. The van der Waals surface area contributed by atoms with Gasteiger partial charge >= 0.3 is 5.97 Å². The normalized spacial score (nSPS) is 17.2.